The van der Waals surface area contributed by atoms with Gasteiger partial charge in [-0.2, -0.15) is 11.3 Å². The van der Waals surface area contributed by atoms with Crippen molar-refractivity contribution in [3.63, 3.8) is 0 Å². The van der Waals surface area contributed by atoms with Gasteiger partial charge in [0.2, 0.25) is 0 Å². The molecular formula is C16H27NS. The Morgan fingerprint density at radius 1 is 1.22 bits per heavy atom. The predicted octanol–water partition coefficient (Wildman–Crippen LogP) is 4.86. The van der Waals surface area contributed by atoms with Crippen LogP contribution in [-0.4, -0.2) is 6.54 Å². The lowest BCUT2D eigenvalue weighted by Gasteiger charge is -2.35. The highest BCUT2D eigenvalue weighted by atomic mass is 32.1. The van der Waals surface area contributed by atoms with Crippen molar-refractivity contribution in [3.8, 4) is 0 Å². The van der Waals surface area contributed by atoms with E-state index in [9.17, 15) is 0 Å². The van der Waals surface area contributed by atoms with Gasteiger partial charge < -0.3 is 5.32 Å². The first-order valence-electron chi connectivity index (χ1n) is 7.47. The highest BCUT2D eigenvalue weighted by molar-refractivity contribution is 7.07. The van der Waals surface area contributed by atoms with Crippen molar-refractivity contribution < 1.29 is 0 Å². The standard InChI is InChI=1S/C16H27NS/c1-4-17-16(15-9-10-18-11-15)14-7-5-13(6-8-14)12(2)3/h9-14,16-17H,4-8H2,1-3H3. The van der Waals surface area contributed by atoms with E-state index in [2.05, 4.69) is 42.9 Å². The lowest BCUT2D eigenvalue weighted by atomic mass is 9.73. The summed E-state index contributed by atoms with van der Waals surface area (Å²) in [4.78, 5) is 0. The van der Waals surface area contributed by atoms with E-state index in [1.165, 1.54) is 31.2 Å². The highest BCUT2D eigenvalue weighted by Crippen LogP contribution is 2.39. The Kier molecular flexibility index (Phi) is 5.25. The van der Waals surface area contributed by atoms with Crippen molar-refractivity contribution in [1.29, 1.82) is 0 Å². The maximum absolute atomic E-state index is 3.71. The van der Waals surface area contributed by atoms with Gasteiger partial charge in [0.15, 0.2) is 0 Å². The summed E-state index contributed by atoms with van der Waals surface area (Å²) in [5.74, 6) is 2.67. The van der Waals surface area contributed by atoms with Crippen LogP contribution >= 0.6 is 11.3 Å². The minimum Gasteiger partial charge on any atom is -0.310 e. The second-order valence-electron chi connectivity index (χ2n) is 6.01. The second-order valence-corrected chi connectivity index (χ2v) is 6.79. The maximum Gasteiger partial charge on any atom is 0.0356 e. The number of nitrogens with one attached hydrogen (secondary N) is 1. The Hall–Kier alpha value is -0.340. The molecule has 0 bridgehead atoms. The van der Waals surface area contributed by atoms with Crippen LogP contribution in [0.25, 0.3) is 0 Å². The van der Waals surface area contributed by atoms with E-state index in [1.807, 2.05) is 11.3 Å². The Morgan fingerprint density at radius 3 is 2.39 bits per heavy atom. The summed E-state index contributed by atoms with van der Waals surface area (Å²) in [6.07, 6.45) is 5.65. The van der Waals surface area contributed by atoms with Gasteiger partial charge in [-0.25, -0.2) is 0 Å². The minimum atomic E-state index is 0.592. The molecule has 1 saturated carbocycles. The van der Waals surface area contributed by atoms with Crippen LogP contribution in [0, 0.1) is 17.8 Å². The zero-order chi connectivity index (χ0) is 13.0. The van der Waals surface area contributed by atoms with Crippen LogP contribution in [0.15, 0.2) is 16.8 Å². The van der Waals surface area contributed by atoms with Crippen LogP contribution in [0.3, 0.4) is 0 Å². The third-order valence-electron chi connectivity index (χ3n) is 4.56. The summed E-state index contributed by atoms with van der Waals surface area (Å²) >= 11 is 1.82. The number of thiophene rings is 1. The first kappa shape index (κ1) is 14.1. The second kappa shape index (κ2) is 6.72. The van der Waals surface area contributed by atoms with E-state index in [0.29, 0.717) is 6.04 Å². The van der Waals surface area contributed by atoms with Gasteiger partial charge in [0, 0.05) is 6.04 Å². The SMILES string of the molecule is CCNC(c1ccsc1)C1CCC(C(C)C)CC1. The molecular weight excluding hydrogens is 238 g/mol. The van der Waals surface area contributed by atoms with Gasteiger partial charge in [0.05, 0.1) is 0 Å². The molecule has 0 aromatic carbocycles. The third kappa shape index (κ3) is 3.36. The lowest BCUT2D eigenvalue weighted by molar-refractivity contribution is 0.190. The van der Waals surface area contributed by atoms with Gasteiger partial charge in [-0.1, -0.05) is 20.8 Å². The maximum atomic E-state index is 3.71. The van der Waals surface area contributed by atoms with Crippen molar-refractivity contribution in [1.82, 2.24) is 5.32 Å². The van der Waals surface area contributed by atoms with Gasteiger partial charge >= 0.3 is 0 Å². The van der Waals surface area contributed by atoms with Crippen molar-refractivity contribution in [3.05, 3.63) is 22.4 Å². The van der Waals surface area contributed by atoms with E-state index in [0.717, 1.165) is 24.3 Å². The molecule has 2 heteroatoms. The van der Waals surface area contributed by atoms with Crippen molar-refractivity contribution in [2.45, 2.75) is 52.5 Å². The smallest absolute Gasteiger partial charge is 0.0356 e. The van der Waals surface area contributed by atoms with E-state index in [4.69, 9.17) is 0 Å². The Morgan fingerprint density at radius 2 is 1.89 bits per heavy atom. The molecule has 18 heavy (non-hydrogen) atoms. The molecule has 0 radical (unpaired) electrons. The van der Waals surface area contributed by atoms with Crippen molar-refractivity contribution in [2.24, 2.45) is 17.8 Å². The molecule has 102 valence electrons. The normalized spacial score (nSPS) is 26.4. The fourth-order valence-electron chi connectivity index (χ4n) is 3.37. The fraction of sp³-hybridized carbons (Fsp3) is 0.750. The van der Waals surface area contributed by atoms with Crippen LogP contribution in [0.2, 0.25) is 0 Å². The number of hydrogen-bond donors (Lipinski definition) is 1. The summed E-state index contributed by atoms with van der Waals surface area (Å²) < 4.78 is 0. The molecule has 1 unspecified atom stereocenters. The summed E-state index contributed by atoms with van der Waals surface area (Å²) in [5, 5.41) is 8.23. The van der Waals surface area contributed by atoms with Gasteiger partial charge in [0.25, 0.3) is 0 Å². The van der Waals surface area contributed by atoms with Crippen LogP contribution in [-0.2, 0) is 0 Å². The van der Waals surface area contributed by atoms with Gasteiger partial charge in [-0.05, 0) is 72.4 Å². The molecule has 1 atom stereocenters. The van der Waals surface area contributed by atoms with Crippen molar-refractivity contribution in [2.75, 3.05) is 6.54 Å². The van der Waals surface area contributed by atoms with Crippen LogP contribution in [0.1, 0.15) is 58.1 Å². The molecule has 1 aromatic heterocycles. The molecule has 1 fully saturated rings. The number of rotatable bonds is 5. The molecule has 1 heterocycles. The van der Waals surface area contributed by atoms with E-state index < -0.39 is 0 Å². The molecule has 0 aliphatic heterocycles. The third-order valence-corrected chi connectivity index (χ3v) is 5.26. The van der Waals surface area contributed by atoms with Gasteiger partial charge in [-0.15, -0.1) is 0 Å². The molecule has 1 aliphatic carbocycles. The fourth-order valence-corrected chi connectivity index (χ4v) is 4.07. The quantitative estimate of drug-likeness (QED) is 0.801. The monoisotopic (exact) mass is 265 g/mol. The first-order valence-corrected chi connectivity index (χ1v) is 8.42. The van der Waals surface area contributed by atoms with Crippen molar-refractivity contribution >= 4 is 11.3 Å². The molecule has 1 aliphatic rings. The van der Waals surface area contributed by atoms with Gasteiger partial charge in [0.1, 0.15) is 0 Å². The van der Waals surface area contributed by atoms with Crippen LogP contribution in [0.4, 0.5) is 0 Å². The first-order chi connectivity index (χ1) is 8.72. The molecule has 2 rings (SSSR count). The Labute approximate surface area is 116 Å². The predicted molar refractivity (Wildman–Crippen MR) is 81.0 cm³/mol. The molecule has 0 saturated heterocycles. The van der Waals surface area contributed by atoms with Crippen LogP contribution < -0.4 is 5.32 Å². The van der Waals surface area contributed by atoms with E-state index in [1.54, 1.807) is 0 Å². The Balaban J connectivity index is 1.97. The van der Waals surface area contributed by atoms with Gasteiger partial charge in [-0.3, -0.25) is 0 Å². The molecule has 1 aromatic rings. The Bertz CT molecular complexity index is 323. The lowest BCUT2D eigenvalue weighted by Crippen LogP contribution is -2.31. The van der Waals surface area contributed by atoms with E-state index in [-0.39, 0.29) is 0 Å². The number of hydrogen-bond acceptors (Lipinski definition) is 2. The highest BCUT2D eigenvalue weighted by Gasteiger charge is 2.29. The van der Waals surface area contributed by atoms with E-state index >= 15 is 0 Å². The molecule has 1 nitrogen and oxygen atoms in total. The average molecular weight is 265 g/mol. The zero-order valence-corrected chi connectivity index (χ0v) is 12.8. The largest absolute Gasteiger partial charge is 0.310 e. The van der Waals surface area contributed by atoms with Crippen LogP contribution in [0.5, 0.6) is 0 Å². The minimum absolute atomic E-state index is 0.592. The zero-order valence-electron chi connectivity index (χ0n) is 12.0. The molecule has 1 N–H and O–H groups in total. The average Bonchev–Trinajstić information content (AvgIpc) is 2.90. The summed E-state index contributed by atoms with van der Waals surface area (Å²) in [5.41, 5.74) is 1.51. The summed E-state index contributed by atoms with van der Waals surface area (Å²) in [6.45, 7) is 8.06. The summed E-state index contributed by atoms with van der Waals surface area (Å²) in [7, 11) is 0. The molecule has 0 spiro atoms. The topological polar surface area (TPSA) is 12.0 Å². The summed E-state index contributed by atoms with van der Waals surface area (Å²) in [6, 6.07) is 2.89. The molecule has 0 amide bonds.